The van der Waals surface area contributed by atoms with Crippen molar-refractivity contribution in [2.24, 2.45) is 12.0 Å². The molecule has 124 valence electrons. The average molecular weight is 363 g/mol. The van der Waals surface area contributed by atoms with Crippen molar-refractivity contribution in [3.63, 3.8) is 0 Å². The lowest BCUT2D eigenvalue weighted by atomic mass is 10.1. The van der Waals surface area contributed by atoms with E-state index in [9.17, 15) is 4.79 Å². The second kappa shape index (κ2) is 6.67. The van der Waals surface area contributed by atoms with Crippen LogP contribution in [-0.2, 0) is 7.05 Å². The highest BCUT2D eigenvalue weighted by molar-refractivity contribution is 7.16. The fourth-order valence-corrected chi connectivity index (χ4v) is 3.71. The predicted molar refractivity (Wildman–Crippen MR) is 95.2 cm³/mol. The molecule has 0 N–H and O–H groups in total. The van der Waals surface area contributed by atoms with Gasteiger partial charge in [-0.2, -0.15) is 4.99 Å². The van der Waals surface area contributed by atoms with Gasteiger partial charge in [0, 0.05) is 12.1 Å². The molecule has 0 atom stereocenters. The summed E-state index contributed by atoms with van der Waals surface area (Å²) in [6, 6.07) is 10.7. The Bertz CT molecular complexity index is 969. The fraction of sp³-hybridized carbons (Fsp3) is 0.176. The van der Waals surface area contributed by atoms with E-state index in [-0.39, 0.29) is 0 Å². The summed E-state index contributed by atoms with van der Waals surface area (Å²) in [7, 11) is 4.87. The molecule has 0 aliphatic carbocycles. The standard InChI is InChI=1S/C17H15ClN2O3S/c1-20-11-8-7-10(18)9-14(11)24-17(20)19-16(21)15-12(22-2)5-4-6-13(15)23-3/h4-9H,1-3H3. The highest BCUT2D eigenvalue weighted by atomic mass is 35.5. The third-order valence-electron chi connectivity index (χ3n) is 3.61. The highest BCUT2D eigenvalue weighted by Gasteiger charge is 2.18. The number of ether oxygens (including phenoxy) is 2. The topological polar surface area (TPSA) is 52.8 Å². The third kappa shape index (κ3) is 2.90. The first kappa shape index (κ1) is 16.5. The number of thiazole rings is 1. The third-order valence-corrected chi connectivity index (χ3v) is 4.94. The fourth-order valence-electron chi connectivity index (χ4n) is 2.42. The maximum atomic E-state index is 12.7. The summed E-state index contributed by atoms with van der Waals surface area (Å²) in [5.74, 6) is 0.433. The molecule has 0 saturated heterocycles. The van der Waals surface area contributed by atoms with Crippen LogP contribution in [0.15, 0.2) is 41.4 Å². The normalized spacial score (nSPS) is 11.8. The zero-order valence-corrected chi connectivity index (χ0v) is 14.9. The SMILES string of the molecule is COc1cccc(OC)c1C(=O)N=c1sc2cc(Cl)ccc2n1C. The van der Waals surface area contributed by atoms with E-state index in [1.807, 2.05) is 29.8 Å². The van der Waals surface area contributed by atoms with E-state index in [2.05, 4.69) is 4.99 Å². The second-order valence-electron chi connectivity index (χ2n) is 5.01. The predicted octanol–water partition coefficient (Wildman–Crippen LogP) is 3.65. The molecule has 3 rings (SSSR count). The number of benzene rings is 2. The van der Waals surface area contributed by atoms with Crippen LogP contribution in [0.2, 0.25) is 5.02 Å². The lowest BCUT2D eigenvalue weighted by molar-refractivity contribution is 0.0992. The number of rotatable bonds is 3. The Morgan fingerprint density at radius 3 is 2.46 bits per heavy atom. The zero-order valence-electron chi connectivity index (χ0n) is 13.4. The maximum absolute atomic E-state index is 12.7. The van der Waals surface area contributed by atoms with Crippen LogP contribution in [0.4, 0.5) is 0 Å². The number of fused-ring (bicyclic) bond motifs is 1. The van der Waals surface area contributed by atoms with Crippen LogP contribution in [0.25, 0.3) is 10.2 Å². The molecule has 5 nitrogen and oxygen atoms in total. The Morgan fingerprint density at radius 1 is 1.17 bits per heavy atom. The summed E-state index contributed by atoms with van der Waals surface area (Å²) in [4.78, 5) is 17.5. The molecule has 0 saturated carbocycles. The zero-order chi connectivity index (χ0) is 17.3. The van der Waals surface area contributed by atoms with Crippen LogP contribution in [0.3, 0.4) is 0 Å². The summed E-state index contributed by atoms with van der Waals surface area (Å²) in [5, 5.41) is 0.647. The van der Waals surface area contributed by atoms with Crippen molar-refractivity contribution in [2.45, 2.75) is 0 Å². The molecule has 3 aromatic rings. The minimum atomic E-state index is -0.419. The van der Waals surface area contributed by atoms with Gasteiger partial charge in [-0.25, -0.2) is 0 Å². The van der Waals surface area contributed by atoms with Crippen LogP contribution < -0.4 is 14.3 Å². The number of carbonyl (C=O) groups is 1. The van der Waals surface area contributed by atoms with Crippen molar-refractivity contribution in [3.8, 4) is 11.5 Å². The van der Waals surface area contributed by atoms with Crippen LogP contribution >= 0.6 is 22.9 Å². The molecule has 24 heavy (non-hydrogen) atoms. The molecule has 0 aliphatic heterocycles. The van der Waals surface area contributed by atoms with E-state index in [0.29, 0.717) is 26.9 Å². The van der Waals surface area contributed by atoms with E-state index in [1.165, 1.54) is 25.6 Å². The van der Waals surface area contributed by atoms with Gasteiger partial charge in [0.1, 0.15) is 17.1 Å². The van der Waals surface area contributed by atoms with Crippen LogP contribution in [0.1, 0.15) is 10.4 Å². The summed E-state index contributed by atoms with van der Waals surface area (Å²) in [6.07, 6.45) is 0. The Balaban J connectivity index is 2.16. The van der Waals surface area contributed by atoms with Gasteiger partial charge in [0.2, 0.25) is 0 Å². The first-order valence-corrected chi connectivity index (χ1v) is 8.29. The summed E-state index contributed by atoms with van der Waals surface area (Å²) in [6.45, 7) is 0. The molecule has 0 bridgehead atoms. The highest BCUT2D eigenvalue weighted by Crippen LogP contribution is 2.29. The lowest BCUT2D eigenvalue weighted by Gasteiger charge is -2.09. The van der Waals surface area contributed by atoms with Crippen LogP contribution in [-0.4, -0.2) is 24.7 Å². The Hall–Kier alpha value is -2.31. The molecular formula is C17H15ClN2O3S. The van der Waals surface area contributed by atoms with Crippen molar-refractivity contribution < 1.29 is 14.3 Å². The molecule has 7 heteroatoms. The molecule has 2 aromatic carbocycles. The number of aromatic nitrogens is 1. The second-order valence-corrected chi connectivity index (χ2v) is 6.46. The molecule has 1 amide bonds. The molecule has 0 unspecified atom stereocenters. The first-order chi connectivity index (χ1) is 11.5. The number of amides is 1. The molecule has 0 fully saturated rings. The van der Waals surface area contributed by atoms with Gasteiger partial charge in [0.15, 0.2) is 4.80 Å². The minimum Gasteiger partial charge on any atom is -0.496 e. The lowest BCUT2D eigenvalue weighted by Crippen LogP contribution is -2.14. The van der Waals surface area contributed by atoms with Crippen molar-refractivity contribution in [1.82, 2.24) is 4.57 Å². The van der Waals surface area contributed by atoms with Crippen molar-refractivity contribution in [1.29, 1.82) is 0 Å². The average Bonchev–Trinajstić information content (AvgIpc) is 2.88. The van der Waals surface area contributed by atoms with E-state index in [4.69, 9.17) is 21.1 Å². The number of carbonyl (C=O) groups excluding carboxylic acids is 1. The number of aryl methyl sites for hydroxylation is 1. The van der Waals surface area contributed by atoms with E-state index < -0.39 is 5.91 Å². The Morgan fingerprint density at radius 2 is 1.83 bits per heavy atom. The first-order valence-electron chi connectivity index (χ1n) is 7.10. The van der Waals surface area contributed by atoms with E-state index in [1.54, 1.807) is 18.2 Å². The molecular weight excluding hydrogens is 348 g/mol. The van der Waals surface area contributed by atoms with Gasteiger partial charge < -0.3 is 14.0 Å². The van der Waals surface area contributed by atoms with Crippen LogP contribution in [0.5, 0.6) is 11.5 Å². The van der Waals surface area contributed by atoms with Gasteiger partial charge in [-0.3, -0.25) is 4.79 Å². The molecule has 0 radical (unpaired) electrons. The number of nitrogens with zero attached hydrogens (tertiary/aromatic N) is 2. The molecule has 1 heterocycles. The Kier molecular flexibility index (Phi) is 4.59. The number of hydrogen-bond acceptors (Lipinski definition) is 4. The van der Waals surface area contributed by atoms with Gasteiger partial charge in [0.05, 0.1) is 24.4 Å². The summed E-state index contributed by atoms with van der Waals surface area (Å²) in [5.41, 5.74) is 1.26. The molecule has 1 aromatic heterocycles. The van der Waals surface area contributed by atoms with Gasteiger partial charge in [-0.05, 0) is 30.3 Å². The molecule has 0 spiro atoms. The summed E-state index contributed by atoms with van der Waals surface area (Å²) < 4.78 is 13.4. The van der Waals surface area contributed by atoms with Gasteiger partial charge in [-0.1, -0.05) is 29.0 Å². The maximum Gasteiger partial charge on any atom is 0.287 e. The largest absolute Gasteiger partial charge is 0.496 e. The van der Waals surface area contributed by atoms with Gasteiger partial charge >= 0.3 is 0 Å². The van der Waals surface area contributed by atoms with Gasteiger partial charge in [0.25, 0.3) is 5.91 Å². The number of hydrogen-bond donors (Lipinski definition) is 0. The summed E-state index contributed by atoms with van der Waals surface area (Å²) >= 11 is 7.43. The van der Waals surface area contributed by atoms with Crippen LogP contribution in [0, 0.1) is 0 Å². The van der Waals surface area contributed by atoms with E-state index >= 15 is 0 Å². The van der Waals surface area contributed by atoms with Gasteiger partial charge in [-0.15, -0.1) is 0 Å². The quantitative estimate of drug-likeness (QED) is 0.714. The number of halogens is 1. The smallest absolute Gasteiger partial charge is 0.287 e. The van der Waals surface area contributed by atoms with Crippen molar-refractivity contribution in [3.05, 3.63) is 51.8 Å². The van der Waals surface area contributed by atoms with E-state index in [0.717, 1.165) is 10.2 Å². The Labute approximate surface area is 147 Å². The molecule has 0 aliphatic rings. The van der Waals surface area contributed by atoms with Crippen molar-refractivity contribution >= 4 is 39.1 Å². The van der Waals surface area contributed by atoms with Crippen molar-refractivity contribution in [2.75, 3.05) is 14.2 Å². The minimum absolute atomic E-state index is 0.304. The number of methoxy groups -OCH3 is 2. The monoisotopic (exact) mass is 362 g/mol.